The average molecular weight is 257 g/mol. The Hall–Kier alpha value is -0.710. The van der Waals surface area contributed by atoms with Crippen molar-refractivity contribution in [1.82, 2.24) is 4.90 Å². The van der Waals surface area contributed by atoms with Crippen molar-refractivity contribution in [1.29, 1.82) is 0 Å². The molecule has 0 radical (unpaired) electrons. The van der Waals surface area contributed by atoms with Gasteiger partial charge in [0.15, 0.2) is 0 Å². The van der Waals surface area contributed by atoms with Crippen LogP contribution in [0.15, 0.2) is 0 Å². The summed E-state index contributed by atoms with van der Waals surface area (Å²) < 4.78 is 0. The highest BCUT2D eigenvalue weighted by atomic mass is 32.2. The maximum absolute atomic E-state index is 12.0. The maximum atomic E-state index is 12.0. The number of carbonyl (C=O) groups excluding carboxylic acids is 1. The first kappa shape index (κ1) is 12.7. The summed E-state index contributed by atoms with van der Waals surface area (Å²) in [6, 6.07) is 0. The van der Waals surface area contributed by atoms with E-state index in [0.717, 1.165) is 24.3 Å². The van der Waals surface area contributed by atoms with Gasteiger partial charge in [-0.05, 0) is 36.7 Å². The summed E-state index contributed by atoms with van der Waals surface area (Å²) >= 11 is 1.96. The molecule has 5 heteroatoms. The van der Waals surface area contributed by atoms with Crippen LogP contribution in [0.4, 0.5) is 0 Å². The minimum absolute atomic E-state index is 0.158. The Morgan fingerprint density at radius 2 is 1.94 bits per heavy atom. The number of carbonyl (C=O) groups is 2. The van der Waals surface area contributed by atoms with Gasteiger partial charge in [0.05, 0.1) is 5.92 Å². The fourth-order valence-corrected chi connectivity index (χ4v) is 3.72. The standard InChI is InChI=1S/C12H19NO3S/c14-11(7-9-2-5-17-6-3-9)13-4-1-10(8-13)12(15)16/h9-10H,1-8H2,(H,15,16). The van der Waals surface area contributed by atoms with E-state index in [-0.39, 0.29) is 11.8 Å². The van der Waals surface area contributed by atoms with Crippen LogP contribution in [0.3, 0.4) is 0 Å². The number of carboxylic acids is 1. The quantitative estimate of drug-likeness (QED) is 0.831. The Morgan fingerprint density at radius 1 is 1.24 bits per heavy atom. The van der Waals surface area contributed by atoms with Gasteiger partial charge in [-0.3, -0.25) is 9.59 Å². The van der Waals surface area contributed by atoms with E-state index in [1.54, 1.807) is 4.90 Å². The summed E-state index contributed by atoms with van der Waals surface area (Å²) in [7, 11) is 0. The van der Waals surface area contributed by atoms with E-state index < -0.39 is 5.97 Å². The van der Waals surface area contributed by atoms with Gasteiger partial charge in [0.25, 0.3) is 0 Å². The van der Waals surface area contributed by atoms with Gasteiger partial charge in [-0.1, -0.05) is 0 Å². The van der Waals surface area contributed by atoms with Crippen molar-refractivity contribution in [2.75, 3.05) is 24.6 Å². The Kier molecular flexibility index (Phi) is 4.31. The van der Waals surface area contributed by atoms with Gasteiger partial charge >= 0.3 is 5.97 Å². The third-order valence-electron chi connectivity index (χ3n) is 3.69. The van der Waals surface area contributed by atoms with Crippen LogP contribution in [0.2, 0.25) is 0 Å². The number of hydrogen-bond acceptors (Lipinski definition) is 3. The van der Waals surface area contributed by atoms with Crippen LogP contribution in [0.5, 0.6) is 0 Å². The van der Waals surface area contributed by atoms with Crippen LogP contribution in [-0.2, 0) is 9.59 Å². The van der Waals surface area contributed by atoms with Crippen molar-refractivity contribution >= 4 is 23.6 Å². The van der Waals surface area contributed by atoms with Gasteiger partial charge in [0.1, 0.15) is 0 Å². The number of hydrogen-bond donors (Lipinski definition) is 1. The normalized spacial score (nSPS) is 26.1. The summed E-state index contributed by atoms with van der Waals surface area (Å²) in [6.45, 7) is 1.03. The molecule has 1 amide bonds. The van der Waals surface area contributed by atoms with Crippen molar-refractivity contribution in [2.45, 2.75) is 25.7 Å². The van der Waals surface area contributed by atoms with Gasteiger partial charge in [0, 0.05) is 19.5 Å². The summed E-state index contributed by atoms with van der Waals surface area (Å²) in [5.74, 6) is 1.89. The molecule has 1 atom stereocenters. The predicted octanol–water partition coefficient (Wildman–Crippen LogP) is 1.45. The lowest BCUT2D eigenvalue weighted by Crippen LogP contribution is -2.31. The third kappa shape index (κ3) is 3.37. The third-order valence-corrected chi connectivity index (χ3v) is 4.74. The first-order chi connectivity index (χ1) is 8.16. The van der Waals surface area contributed by atoms with E-state index in [4.69, 9.17) is 5.11 Å². The van der Waals surface area contributed by atoms with Crippen molar-refractivity contribution < 1.29 is 14.7 Å². The summed E-state index contributed by atoms with van der Waals surface area (Å²) in [5.41, 5.74) is 0. The van der Waals surface area contributed by atoms with E-state index in [0.29, 0.717) is 31.8 Å². The molecule has 2 aliphatic rings. The summed E-state index contributed by atoms with van der Waals surface area (Å²) in [4.78, 5) is 24.6. The fraction of sp³-hybridized carbons (Fsp3) is 0.833. The second-order valence-electron chi connectivity index (χ2n) is 4.92. The molecule has 2 heterocycles. The molecule has 2 fully saturated rings. The van der Waals surface area contributed by atoms with Crippen LogP contribution in [0.1, 0.15) is 25.7 Å². The average Bonchev–Trinajstić information content (AvgIpc) is 2.79. The number of thioether (sulfide) groups is 1. The molecule has 2 aliphatic heterocycles. The number of nitrogens with zero attached hydrogens (tertiary/aromatic N) is 1. The van der Waals surface area contributed by atoms with Crippen LogP contribution in [-0.4, -0.2) is 46.5 Å². The molecule has 0 saturated carbocycles. The van der Waals surface area contributed by atoms with Crippen molar-refractivity contribution in [3.8, 4) is 0 Å². The molecule has 0 aromatic carbocycles. The minimum Gasteiger partial charge on any atom is -0.481 e. The number of aliphatic carboxylic acids is 1. The van der Waals surface area contributed by atoms with Gasteiger partial charge < -0.3 is 10.0 Å². The summed E-state index contributed by atoms with van der Waals surface area (Å²) in [5, 5.41) is 8.89. The van der Waals surface area contributed by atoms with E-state index in [9.17, 15) is 9.59 Å². The SMILES string of the molecule is O=C(O)C1CCN(C(=O)CC2CCSCC2)C1. The van der Waals surface area contributed by atoms with Crippen molar-refractivity contribution in [2.24, 2.45) is 11.8 Å². The zero-order chi connectivity index (χ0) is 12.3. The molecule has 17 heavy (non-hydrogen) atoms. The lowest BCUT2D eigenvalue weighted by atomic mass is 9.98. The van der Waals surface area contributed by atoms with Gasteiger partial charge in [-0.25, -0.2) is 0 Å². The summed E-state index contributed by atoms with van der Waals surface area (Å²) in [6.07, 6.45) is 3.49. The molecule has 0 aliphatic carbocycles. The van der Waals surface area contributed by atoms with Crippen LogP contribution < -0.4 is 0 Å². The zero-order valence-electron chi connectivity index (χ0n) is 9.93. The number of rotatable bonds is 3. The van der Waals surface area contributed by atoms with Crippen LogP contribution >= 0.6 is 11.8 Å². The Balaban J connectivity index is 1.78. The minimum atomic E-state index is -0.769. The molecular formula is C12H19NO3S. The second-order valence-corrected chi connectivity index (χ2v) is 6.15. The lowest BCUT2D eigenvalue weighted by molar-refractivity contribution is -0.141. The molecule has 0 aromatic rings. The van der Waals surface area contributed by atoms with Gasteiger partial charge in [-0.2, -0.15) is 11.8 Å². The highest BCUT2D eigenvalue weighted by molar-refractivity contribution is 7.99. The number of likely N-dealkylation sites (tertiary alicyclic amines) is 1. The van der Waals surface area contributed by atoms with Crippen LogP contribution in [0, 0.1) is 11.8 Å². The van der Waals surface area contributed by atoms with Crippen molar-refractivity contribution in [3.05, 3.63) is 0 Å². The van der Waals surface area contributed by atoms with Gasteiger partial charge in [0.2, 0.25) is 5.91 Å². The Morgan fingerprint density at radius 3 is 2.53 bits per heavy atom. The lowest BCUT2D eigenvalue weighted by Gasteiger charge is -2.23. The monoisotopic (exact) mass is 257 g/mol. The molecule has 96 valence electrons. The highest BCUT2D eigenvalue weighted by Crippen LogP contribution is 2.27. The van der Waals surface area contributed by atoms with Crippen molar-refractivity contribution in [3.63, 3.8) is 0 Å². The maximum Gasteiger partial charge on any atom is 0.308 e. The Bertz CT molecular complexity index is 302. The molecular weight excluding hydrogens is 238 g/mol. The largest absolute Gasteiger partial charge is 0.481 e. The number of amides is 1. The zero-order valence-corrected chi connectivity index (χ0v) is 10.7. The van der Waals surface area contributed by atoms with E-state index in [2.05, 4.69) is 0 Å². The Labute approximate surface area is 106 Å². The van der Waals surface area contributed by atoms with E-state index in [1.807, 2.05) is 11.8 Å². The molecule has 1 N–H and O–H groups in total. The molecule has 2 saturated heterocycles. The predicted molar refractivity (Wildman–Crippen MR) is 67.0 cm³/mol. The van der Waals surface area contributed by atoms with E-state index in [1.165, 1.54) is 0 Å². The molecule has 0 aromatic heterocycles. The number of carboxylic acid groups (broad SMARTS) is 1. The topological polar surface area (TPSA) is 57.6 Å². The second kappa shape index (κ2) is 5.76. The highest BCUT2D eigenvalue weighted by Gasteiger charge is 2.31. The smallest absolute Gasteiger partial charge is 0.308 e. The fourth-order valence-electron chi connectivity index (χ4n) is 2.51. The van der Waals surface area contributed by atoms with E-state index >= 15 is 0 Å². The van der Waals surface area contributed by atoms with Crippen LogP contribution in [0.25, 0.3) is 0 Å². The van der Waals surface area contributed by atoms with Gasteiger partial charge in [-0.15, -0.1) is 0 Å². The molecule has 2 rings (SSSR count). The first-order valence-electron chi connectivity index (χ1n) is 6.25. The molecule has 4 nitrogen and oxygen atoms in total. The molecule has 1 unspecified atom stereocenters. The molecule has 0 spiro atoms. The first-order valence-corrected chi connectivity index (χ1v) is 7.40. The molecule has 0 bridgehead atoms.